The van der Waals surface area contributed by atoms with Gasteiger partial charge in [0, 0.05) is 18.9 Å². The predicted molar refractivity (Wildman–Crippen MR) is 107 cm³/mol. The first kappa shape index (κ1) is 18.3. The number of hydrogen-bond donors (Lipinski definition) is 0. The molecule has 0 saturated heterocycles. The summed E-state index contributed by atoms with van der Waals surface area (Å²) in [6.45, 7) is 3.25. The first-order chi connectivity index (χ1) is 13.8. The van der Waals surface area contributed by atoms with Gasteiger partial charge in [0.25, 0.3) is 5.56 Å². The van der Waals surface area contributed by atoms with E-state index >= 15 is 0 Å². The van der Waals surface area contributed by atoms with E-state index in [-0.39, 0.29) is 5.56 Å². The Labute approximate surface area is 165 Å². The van der Waals surface area contributed by atoms with Gasteiger partial charge in [-0.05, 0) is 40.6 Å². The van der Waals surface area contributed by atoms with E-state index in [9.17, 15) is 4.79 Å². The highest BCUT2D eigenvalue weighted by Gasteiger charge is 2.14. The molecular formula is C19H19N7OS. The average Bonchev–Trinajstić information content (AvgIpc) is 3.17. The molecule has 28 heavy (non-hydrogen) atoms. The van der Waals surface area contributed by atoms with Crippen molar-refractivity contribution in [3.63, 3.8) is 0 Å². The third-order valence-corrected chi connectivity index (χ3v) is 5.23. The van der Waals surface area contributed by atoms with Gasteiger partial charge in [0.1, 0.15) is 0 Å². The van der Waals surface area contributed by atoms with Crippen LogP contribution in [0.5, 0.6) is 0 Å². The number of benzene rings is 1. The Morgan fingerprint density at radius 2 is 2.04 bits per heavy atom. The molecule has 9 heteroatoms. The lowest BCUT2D eigenvalue weighted by atomic mass is 10.2. The summed E-state index contributed by atoms with van der Waals surface area (Å²) in [6, 6.07) is 11.2. The van der Waals surface area contributed by atoms with Crippen LogP contribution < -0.4 is 5.56 Å². The smallest absolute Gasteiger partial charge is 0.262 e. The second kappa shape index (κ2) is 8.30. The molecule has 0 bridgehead atoms. The van der Waals surface area contributed by atoms with Crippen molar-refractivity contribution < 1.29 is 0 Å². The van der Waals surface area contributed by atoms with Gasteiger partial charge in [-0.2, -0.15) is 0 Å². The molecule has 0 aliphatic rings. The molecule has 0 unspecified atom stereocenters. The summed E-state index contributed by atoms with van der Waals surface area (Å²) in [5.41, 5.74) is 1.56. The Morgan fingerprint density at radius 1 is 1.14 bits per heavy atom. The van der Waals surface area contributed by atoms with Gasteiger partial charge in [-0.15, -0.1) is 5.10 Å². The molecule has 3 heterocycles. The van der Waals surface area contributed by atoms with Crippen LogP contribution in [0.25, 0.3) is 10.9 Å². The number of tetrazole rings is 1. The van der Waals surface area contributed by atoms with Crippen molar-refractivity contribution >= 4 is 22.7 Å². The topological polar surface area (TPSA) is 91.4 Å². The van der Waals surface area contributed by atoms with Gasteiger partial charge < -0.3 is 0 Å². The van der Waals surface area contributed by atoms with Crippen molar-refractivity contribution in [2.45, 2.75) is 37.3 Å². The molecule has 0 radical (unpaired) electrons. The predicted octanol–water partition coefficient (Wildman–Crippen LogP) is 2.53. The highest BCUT2D eigenvalue weighted by atomic mass is 32.2. The number of rotatable bonds is 7. The fourth-order valence-corrected chi connectivity index (χ4v) is 3.84. The lowest BCUT2D eigenvalue weighted by Gasteiger charge is -2.13. The summed E-state index contributed by atoms with van der Waals surface area (Å²) in [4.78, 5) is 22.0. The highest BCUT2D eigenvalue weighted by Crippen LogP contribution is 2.22. The fraction of sp³-hybridized carbons (Fsp3) is 0.263. The van der Waals surface area contributed by atoms with Crippen molar-refractivity contribution in [1.82, 2.24) is 34.7 Å². The van der Waals surface area contributed by atoms with Crippen molar-refractivity contribution in [2.24, 2.45) is 0 Å². The van der Waals surface area contributed by atoms with Crippen LogP contribution in [-0.4, -0.2) is 34.7 Å². The van der Waals surface area contributed by atoms with Crippen LogP contribution in [0.2, 0.25) is 0 Å². The fourth-order valence-electron chi connectivity index (χ4n) is 2.91. The van der Waals surface area contributed by atoms with Crippen LogP contribution in [0.1, 0.15) is 24.7 Å². The lowest BCUT2D eigenvalue weighted by Crippen LogP contribution is -2.24. The van der Waals surface area contributed by atoms with Crippen molar-refractivity contribution in [1.29, 1.82) is 0 Å². The summed E-state index contributed by atoms with van der Waals surface area (Å²) < 4.78 is 3.48. The monoisotopic (exact) mass is 393 g/mol. The molecule has 4 aromatic rings. The normalized spacial score (nSPS) is 11.2. The second-order valence-electron chi connectivity index (χ2n) is 6.27. The SMILES string of the molecule is CCCn1nnnc1CSc1nc2ccccc2c(=O)n1Cc1cccnc1. The third-order valence-electron chi connectivity index (χ3n) is 4.26. The van der Waals surface area contributed by atoms with Gasteiger partial charge in [0.15, 0.2) is 11.0 Å². The Hall–Kier alpha value is -3.07. The van der Waals surface area contributed by atoms with Gasteiger partial charge in [0.05, 0.1) is 23.2 Å². The first-order valence-corrected chi connectivity index (χ1v) is 10.0. The molecule has 0 N–H and O–H groups in total. The Kier molecular flexibility index (Phi) is 5.43. The molecule has 0 spiro atoms. The molecule has 0 aliphatic heterocycles. The van der Waals surface area contributed by atoms with E-state index < -0.39 is 0 Å². The molecule has 142 valence electrons. The van der Waals surface area contributed by atoms with E-state index in [4.69, 9.17) is 4.98 Å². The van der Waals surface area contributed by atoms with Crippen molar-refractivity contribution in [3.8, 4) is 0 Å². The maximum absolute atomic E-state index is 13.1. The maximum atomic E-state index is 13.1. The number of thioether (sulfide) groups is 1. The molecular weight excluding hydrogens is 374 g/mol. The zero-order valence-electron chi connectivity index (χ0n) is 15.4. The number of para-hydroxylation sites is 1. The van der Waals surface area contributed by atoms with Gasteiger partial charge in [-0.1, -0.05) is 36.9 Å². The van der Waals surface area contributed by atoms with Crippen molar-refractivity contribution in [3.05, 3.63) is 70.5 Å². The van der Waals surface area contributed by atoms with Crippen LogP contribution in [0.15, 0.2) is 58.7 Å². The molecule has 1 aromatic carbocycles. The summed E-state index contributed by atoms with van der Waals surface area (Å²) in [6.07, 6.45) is 4.43. The summed E-state index contributed by atoms with van der Waals surface area (Å²) in [7, 11) is 0. The van der Waals surface area contributed by atoms with Crippen LogP contribution >= 0.6 is 11.8 Å². The van der Waals surface area contributed by atoms with E-state index in [1.54, 1.807) is 27.7 Å². The molecule has 4 rings (SSSR count). The Balaban J connectivity index is 1.72. The van der Waals surface area contributed by atoms with E-state index in [1.165, 1.54) is 11.8 Å². The van der Waals surface area contributed by atoms with Crippen LogP contribution in [0.4, 0.5) is 0 Å². The van der Waals surface area contributed by atoms with Gasteiger partial charge in [0.2, 0.25) is 0 Å². The molecule has 0 amide bonds. The molecule has 0 aliphatic carbocycles. The third kappa shape index (κ3) is 3.79. The second-order valence-corrected chi connectivity index (χ2v) is 7.21. The number of fused-ring (bicyclic) bond motifs is 1. The molecule has 0 atom stereocenters. The minimum atomic E-state index is -0.0647. The number of nitrogens with zero attached hydrogens (tertiary/aromatic N) is 7. The zero-order valence-corrected chi connectivity index (χ0v) is 16.2. The number of hydrogen-bond acceptors (Lipinski definition) is 7. The van der Waals surface area contributed by atoms with Crippen molar-refractivity contribution in [2.75, 3.05) is 0 Å². The number of aryl methyl sites for hydroxylation is 1. The number of aromatic nitrogens is 7. The average molecular weight is 393 g/mol. The summed E-state index contributed by atoms with van der Waals surface area (Å²) >= 11 is 1.46. The Morgan fingerprint density at radius 3 is 2.86 bits per heavy atom. The van der Waals surface area contributed by atoms with E-state index in [0.717, 1.165) is 24.4 Å². The van der Waals surface area contributed by atoms with Crippen LogP contribution in [0.3, 0.4) is 0 Å². The van der Waals surface area contributed by atoms with Gasteiger partial charge in [-0.3, -0.25) is 14.3 Å². The zero-order chi connectivity index (χ0) is 19.3. The minimum absolute atomic E-state index is 0.0647. The van der Waals surface area contributed by atoms with E-state index in [2.05, 4.69) is 27.4 Å². The first-order valence-electron chi connectivity index (χ1n) is 9.02. The Bertz CT molecular complexity index is 1140. The minimum Gasteiger partial charge on any atom is -0.283 e. The largest absolute Gasteiger partial charge is 0.283 e. The van der Waals surface area contributed by atoms with Crippen LogP contribution in [0, 0.1) is 0 Å². The molecule has 0 fully saturated rings. The molecule has 0 saturated carbocycles. The lowest BCUT2D eigenvalue weighted by molar-refractivity contribution is 0.564. The van der Waals surface area contributed by atoms with E-state index in [1.807, 2.05) is 30.3 Å². The quantitative estimate of drug-likeness (QED) is 0.352. The highest BCUT2D eigenvalue weighted by molar-refractivity contribution is 7.98. The summed E-state index contributed by atoms with van der Waals surface area (Å²) in [5.74, 6) is 1.30. The maximum Gasteiger partial charge on any atom is 0.262 e. The van der Waals surface area contributed by atoms with Gasteiger partial charge in [-0.25, -0.2) is 9.67 Å². The van der Waals surface area contributed by atoms with E-state index in [0.29, 0.717) is 28.4 Å². The summed E-state index contributed by atoms with van der Waals surface area (Å²) in [5, 5.41) is 13.1. The number of pyridine rings is 1. The standard InChI is InChI=1S/C19H19N7OS/c1-2-10-26-17(22-23-24-26)13-28-19-21-16-8-4-3-7-15(16)18(27)25(19)12-14-6-5-9-20-11-14/h3-9,11H,2,10,12-13H2,1H3. The molecule has 3 aromatic heterocycles. The van der Waals surface area contributed by atoms with Crippen LogP contribution in [-0.2, 0) is 18.8 Å². The van der Waals surface area contributed by atoms with Gasteiger partial charge >= 0.3 is 0 Å². The molecule has 8 nitrogen and oxygen atoms in total.